The van der Waals surface area contributed by atoms with Gasteiger partial charge < -0.3 is 21.9 Å². The van der Waals surface area contributed by atoms with Crippen molar-refractivity contribution < 1.29 is 19.5 Å². The highest BCUT2D eigenvalue weighted by molar-refractivity contribution is 6.02. The zero-order valence-electron chi connectivity index (χ0n) is 28.3. The molecule has 1 atom stereocenters. The predicted molar refractivity (Wildman–Crippen MR) is 188 cm³/mol. The Kier molecular flexibility index (Phi) is 10.9. The number of nitrogens with one attached hydrogen (secondary N) is 2. The lowest BCUT2D eigenvalue weighted by molar-refractivity contribution is -0.127. The van der Waals surface area contributed by atoms with Crippen LogP contribution in [0.2, 0.25) is 0 Å². The van der Waals surface area contributed by atoms with Crippen LogP contribution in [0.15, 0.2) is 60.7 Å². The number of anilines is 1. The summed E-state index contributed by atoms with van der Waals surface area (Å²) in [5.41, 5.74) is 16.9. The molecule has 13 heteroatoms. The molecular weight excluding hydrogens is 634 g/mol. The Balaban J connectivity index is 1.20. The average molecular weight is 680 g/mol. The van der Waals surface area contributed by atoms with Crippen molar-refractivity contribution in [2.24, 2.45) is 23.3 Å². The third kappa shape index (κ3) is 8.06. The van der Waals surface area contributed by atoms with Gasteiger partial charge in [0.2, 0.25) is 17.6 Å². The molecule has 2 aliphatic carbocycles. The standard InChI is InChI=1S/C37H45N9O4/c1-22-31(18-19-32(40-22)36(49)41-28-12-16-30(47)17-13-28)25-6-2-23(3-7-25)20-33(34(39)48)46(37(50)27-8-4-24(21-38)5-9-27)29-14-10-26(11-15-29)35-42-44-45-43-35/h2-3,6-7,10-11,14-15,18-19,24,27-28,30,33,47H,4-5,8-9,12-13,16-17,20-21,38H2,1H3,(H2,39,48)(H,41,49)(H,42,43,44,45)/t24?,27?,28?,30?,33-/m0/s1. The summed E-state index contributed by atoms with van der Waals surface area (Å²) in [6.07, 6.45) is 5.96. The van der Waals surface area contributed by atoms with E-state index in [2.05, 4.69) is 30.9 Å². The van der Waals surface area contributed by atoms with Gasteiger partial charge in [0.1, 0.15) is 11.7 Å². The summed E-state index contributed by atoms with van der Waals surface area (Å²) < 4.78 is 0. The highest BCUT2D eigenvalue weighted by Gasteiger charge is 2.36. The van der Waals surface area contributed by atoms with E-state index < -0.39 is 11.9 Å². The number of carbonyl (C=O) groups excluding carboxylic acids is 3. The van der Waals surface area contributed by atoms with E-state index in [1.54, 1.807) is 35.2 Å². The van der Waals surface area contributed by atoms with E-state index in [0.29, 0.717) is 66.6 Å². The number of pyridine rings is 1. The topological polar surface area (TPSA) is 206 Å². The summed E-state index contributed by atoms with van der Waals surface area (Å²) >= 11 is 0. The van der Waals surface area contributed by atoms with Crippen molar-refractivity contribution in [3.05, 3.63) is 77.6 Å². The van der Waals surface area contributed by atoms with Crippen molar-refractivity contribution in [2.75, 3.05) is 11.4 Å². The Hall–Kier alpha value is -5.01. The zero-order chi connectivity index (χ0) is 35.2. The van der Waals surface area contributed by atoms with Crippen molar-refractivity contribution >= 4 is 23.4 Å². The van der Waals surface area contributed by atoms with Crippen LogP contribution in [0.25, 0.3) is 22.5 Å². The van der Waals surface area contributed by atoms with Crippen LogP contribution < -0.4 is 21.7 Å². The number of carbonyl (C=O) groups is 3. The Morgan fingerprint density at radius 1 is 0.920 bits per heavy atom. The number of nitrogens with two attached hydrogens (primary N) is 2. The minimum Gasteiger partial charge on any atom is -0.393 e. The van der Waals surface area contributed by atoms with E-state index in [1.165, 1.54) is 0 Å². The van der Waals surface area contributed by atoms with Crippen LogP contribution in [0.3, 0.4) is 0 Å². The third-order valence-electron chi connectivity index (χ3n) is 10.2. The molecule has 2 fully saturated rings. The van der Waals surface area contributed by atoms with Gasteiger partial charge in [-0.15, -0.1) is 10.2 Å². The van der Waals surface area contributed by atoms with Gasteiger partial charge in [-0.3, -0.25) is 19.3 Å². The number of benzene rings is 2. The first-order chi connectivity index (χ1) is 24.2. The summed E-state index contributed by atoms with van der Waals surface area (Å²) in [6.45, 7) is 2.47. The molecule has 0 bridgehead atoms. The van der Waals surface area contributed by atoms with Crippen molar-refractivity contribution in [1.82, 2.24) is 30.9 Å². The van der Waals surface area contributed by atoms with E-state index in [9.17, 15) is 19.5 Å². The molecule has 0 spiro atoms. The molecular formula is C37H45N9O4. The van der Waals surface area contributed by atoms with E-state index in [4.69, 9.17) is 11.5 Å². The van der Waals surface area contributed by atoms with E-state index in [1.807, 2.05) is 37.3 Å². The van der Waals surface area contributed by atoms with Crippen LogP contribution >= 0.6 is 0 Å². The van der Waals surface area contributed by atoms with Crippen LogP contribution in [0.5, 0.6) is 0 Å². The van der Waals surface area contributed by atoms with Gasteiger partial charge in [0.15, 0.2) is 0 Å². The van der Waals surface area contributed by atoms with Crippen molar-refractivity contribution in [1.29, 1.82) is 0 Å². The molecule has 262 valence electrons. The molecule has 2 aromatic heterocycles. The smallest absolute Gasteiger partial charge is 0.270 e. The zero-order valence-corrected chi connectivity index (χ0v) is 28.3. The lowest BCUT2D eigenvalue weighted by Crippen LogP contribution is -2.52. The quantitative estimate of drug-likeness (QED) is 0.157. The molecule has 13 nitrogen and oxygen atoms in total. The fourth-order valence-corrected chi connectivity index (χ4v) is 7.19. The first-order valence-electron chi connectivity index (χ1n) is 17.4. The number of aromatic amines is 1. The average Bonchev–Trinajstić information content (AvgIpc) is 3.68. The SMILES string of the molecule is Cc1nc(C(=O)NC2CCC(O)CC2)ccc1-c1ccc(C[C@@H](C(N)=O)N(C(=O)C2CCC(CN)CC2)c2ccc(-c3nn[nH]n3)cc2)cc1. The summed E-state index contributed by atoms with van der Waals surface area (Å²) in [4.78, 5) is 46.4. The molecule has 0 aliphatic heterocycles. The molecule has 0 unspecified atom stereocenters. The highest BCUT2D eigenvalue weighted by Crippen LogP contribution is 2.33. The summed E-state index contributed by atoms with van der Waals surface area (Å²) in [5.74, 6) is -0.360. The Bertz CT molecular complexity index is 1760. The minimum absolute atomic E-state index is 0.0397. The maximum Gasteiger partial charge on any atom is 0.270 e. The number of aliphatic hydroxyl groups excluding tert-OH is 1. The molecule has 0 radical (unpaired) electrons. The maximum atomic E-state index is 14.2. The van der Waals surface area contributed by atoms with Crippen LogP contribution in [0.1, 0.15) is 73.1 Å². The normalized spacial score (nSPS) is 21.3. The van der Waals surface area contributed by atoms with Gasteiger partial charge >= 0.3 is 0 Å². The first-order valence-corrected chi connectivity index (χ1v) is 17.4. The Morgan fingerprint density at radius 3 is 2.20 bits per heavy atom. The van der Waals surface area contributed by atoms with Gasteiger partial charge in [-0.2, -0.15) is 5.21 Å². The van der Waals surface area contributed by atoms with Gasteiger partial charge in [0.25, 0.3) is 5.91 Å². The van der Waals surface area contributed by atoms with Crippen molar-refractivity contribution in [2.45, 2.75) is 82.9 Å². The summed E-state index contributed by atoms with van der Waals surface area (Å²) in [5, 5.41) is 26.9. The monoisotopic (exact) mass is 679 g/mol. The number of aryl methyl sites for hydroxylation is 1. The van der Waals surface area contributed by atoms with Crippen molar-refractivity contribution in [3.8, 4) is 22.5 Å². The fourth-order valence-electron chi connectivity index (χ4n) is 7.19. The summed E-state index contributed by atoms with van der Waals surface area (Å²) in [6, 6.07) is 17.6. The number of primary amides is 1. The van der Waals surface area contributed by atoms with E-state index in [0.717, 1.165) is 42.4 Å². The number of hydrogen-bond donors (Lipinski definition) is 5. The summed E-state index contributed by atoms with van der Waals surface area (Å²) in [7, 11) is 0. The highest BCUT2D eigenvalue weighted by atomic mass is 16.3. The number of nitrogens with zero attached hydrogens (tertiary/aromatic N) is 5. The third-order valence-corrected chi connectivity index (χ3v) is 10.2. The van der Waals surface area contributed by atoms with E-state index >= 15 is 0 Å². The molecule has 2 heterocycles. The molecule has 2 aromatic carbocycles. The number of aromatic nitrogens is 5. The van der Waals surface area contributed by atoms with Crippen LogP contribution in [-0.2, 0) is 16.0 Å². The van der Waals surface area contributed by atoms with Crippen molar-refractivity contribution in [3.63, 3.8) is 0 Å². The lowest BCUT2D eigenvalue weighted by atomic mass is 9.81. The van der Waals surface area contributed by atoms with Crippen LogP contribution in [0.4, 0.5) is 5.69 Å². The lowest BCUT2D eigenvalue weighted by Gasteiger charge is -2.35. The molecule has 0 saturated heterocycles. The number of H-pyrrole nitrogens is 1. The Morgan fingerprint density at radius 2 is 1.60 bits per heavy atom. The van der Waals surface area contributed by atoms with Gasteiger partial charge in [0, 0.05) is 40.9 Å². The number of rotatable bonds is 11. The van der Waals surface area contributed by atoms with E-state index in [-0.39, 0.29) is 36.3 Å². The predicted octanol–water partition coefficient (Wildman–Crippen LogP) is 3.47. The van der Waals surface area contributed by atoms with Gasteiger partial charge in [-0.1, -0.05) is 30.3 Å². The molecule has 6 rings (SSSR count). The van der Waals surface area contributed by atoms with Gasteiger partial charge in [-0.05, 0) is 117 Å². The Labute approximate surface area is 291 Å². The van der Waals surface area contributed by atoms with Crippen LogP contribution in [-0.4, -0.2) is 73.2 Å². The second-order valence-electron chi connectivity index (χ2n) is 13.6. The number of aliphatic hydroxyl groups is 1. The second kappa shape index (κ2) is 15.7. The number of hydrogen-bond acceptors (Lipinski definition) is 9. The van der Waals surface area contributed by atoms with Crippen LogP contribution in [0, 0.1) is 18.8 Å². The molecule has 2 saturated carbocycles. The van der Waals surface area contributed by atoms with Gasteiger partial charge in [-0.25, -0.2) is 4.98 Å². The second-order valence-corrected chi connectivity index (χ2v) is 13.6. The molecule has 3 amide bonds. The minimum atomic E-state index is -0.926. The maximum absolute atomic E-state index is 14.2. The van der Waals surface area contributed by atoms with Gasteiger partial charge in [0.05, 0.1) is 6.10 Å². The largest absolute Gasteiger partial charge is 0.393 e. The fraction of sp³-hybridized carbons (Fsp3) is 0.432. The number of amides is 3. The first kappa shape index (κ1) is 34.8. The molecule has 4 aromatic rings. The number of tetrazole rings is 1. The molecule has 2 aliphatic rings. The molecule has 50 heavy (non-hydrogen) atoms. The molecule has 7 N–H and O–H groups in total.